The molecule has 1 atom stereocenters. The Hall–Kier alpha value is -0.830. The van der Waals surface area contributed by atoms with Gasteiger partial charge in [-0.2, -0.15) is 0 Å². The number of carbonyl (C=O) groups excluding carboxylic acids is 1. The summed E-state index contributed by atoms with van der Waals surface area (Å²) >= 11 is 0. The van der Waals surface area contributed by atoms with Gasteiger partial charge in [-0.15, -0.1) is 0 Å². The number of quaternary nitrogens is 1. The third-order valence-corrected chi connectivity index (χ3v) is 3.50. The molecule has 18 heavy (non-hydrogen) atoms. The largest absolute Gasteiger partial charge is 0.456 e. The Bertz CT molecular complexity index is 263. The van der Waals surface area contributed by atoms with Crippen LogP contribution in [0.25, 0.3) is 0 Å². The molecule has 3 heteroatoms. The summed E-state index contributed by atoms with van der Waals surface area (Å²) < 4.78 is 6.30. The quantitative estimate of drug-likeness (QED) is 0.341. The number of carbonyl (C=O) groups is 1. The van der Waals surface area contributed by atoms with Gasteiger partial charge in [0.1, 0.15) is 13.2 Å². The monoisotopic (exact) mass is 256 g/mol. The lowest BCUT2D eigenvalue weighted by Gasteiger charge is -2.37. The van der Waals surface area contributed by atoms with Crippen LogP contribution in [0.15, 0.2) is 12.2 Å². The third kappa shape index (κ3) is 6.20. The maximum Gasteiger partial charge on any atom is 0.333 e. The zero-order valence-electron chi connectivity index (χ0n) is 12.6. The molecule has 0 amide bonds. The first kappa shape index (κ1) is 17.2. The zero-order chi connectivity index (χ0) is 14.0. The topological polar surface area (TPSA) is 26.3 Å². The van der Waals surface area contributed by atoms with Crippen LogP contribution in [0.2, 0.25) is 0 Å². The van der Waals surface area contributed by atoms with Crippen LogP contribution in [0, 0.1) is 0 Å². The van der Waals surface area contributed by atoms with Gasteiger partial charge in [0.15, 0.2) is 0 Å². The summed E-state index contributed by atoms with van der Waals surface area (Å²) in [5.74, 6) is -0.267. The van der Waals surface area contributed by atoms with Gasteiger partial charge < -0.3 is 9.22 Å². The van der Waals surface area contributed by atoms with Gasteiger partial charge in [0, 0.05) is 5.57 Å². The highest BCUT2D eigenvalue weighted by Crippen LogP contribution is 2.11. The highest BCUT2D eigenvalue weighted by atomic mass is 16.5. The lowest BCUT2D eigenvalue weighted by atomic mass is 10.2. The van der Waals surface area contributed by atoms with E-state index in [0.717, 1.165) is 17.6 Å². The van der Waals surface area contributed by atoms with Gasteiger partial charge in [-0.3, -0.25) is 0 Å². The molecule has 0 aromatic carbocycles. The molecular formula is C15H30NO2+. The van der Waals surface area contributed by atoms with Crippen LogP contribution in [-0.4, -0.2) is 43.2 Å². The van der Waals surface area contributed by atoms with Gasteiger partial charge in [0.25, 0.3) is 0 Å². The summed E-state index contributed by atoms with van der Waals surface area (Å²) in [6.07, 6.45) is 3.63. The van der Waals surface area contributed by atoms with Crippen molar-refractivity contribution in [2.75, 3.05) is 32.8 Å². The minimum atomic E-state index is -0.267. The van der Waals surface area contributed by atoms with Crippen molar-refractivity contribution in [2.45, 2.75) is 47.0 Å². The molecule has 0 heterocycles. The van der Waals surface area contributed by atoms with Crippen LogP contribution in [-0.2, 0) is 9.53 Å². The van der Waals surface area contributed by atoms with Gasteiger partial charge in [-0.05, 0) is 26.7 Å². The predicted molar refractivity (Wildman–Crippen MR) is 76.4 cm³/mol. The van der Waals surface area contributed by atoms with Crippen LogP contribution >= 0.6 is 0 Å². The minimum Gasteiger partial charge on any atom is -0.456 e. The Morgan fingerprint density at radius 3 is 2.22 bits per heavy atom. The Labute approximate surface area is 112 Å². The highest BCUT2D eigenvalue weighted by molar-refractivity contribution is 5.86. The fourth-order valence-electron chi connectivity index (χ4n) is 2.23. The number of rotatable bonds is 10. The molecule has 0 radical (unpaired) electrons. The van der Waals surface area contributed by atoms with Crippen molar-refractivity contribution < 1.29 is 14.0 Å². The Balaban J connectivity index is 4.30. The average Bonchev–Trinajstić information content (AvgIpc) is 2.35. The van der Waals surface area contributed by atoms with Gasteiger partial charge >= 0.3 is 5.97 Å². The third-order valence-electron chi connectivity index (χ3n) is 3.50. The Morgan fingerprint density at radius 1 is 1.11 bits per heavy atom. The number of esters is 1. The summed E-state index contributed by atoms with van der Waals surface area (Å²) in [5, 5.41) is 0. The Morgan fingerprint density at radius 2 is 1.78 bits per heavy atom. The predicted octanol–water partition coefficient (Wildman–Crippen LogP) is 3.15. The van der Waals surface area contributed by atoms with Crippen LogP contribution in [0.3, 0.4) is 0 Å². The van der Waals surface area contributed by atoms with Crippen LogP contribution in [0.4, 0.5) is 0 Å². The normalized spacial score (nSPS) is 14.0. The number of nitrogens with zero attached hydrogens (tertiary/aromatic N) is 1. The van der Waals surface area contributed by atoms with Crippen molar-refractivity contribution in [1.82, 2.24) is 0 Å². The molecular weight excluding hydrogens is 226 g/mol. The first-order valence-corrected chi connectivity index (χ1v) is 7.19. The number of likely N-dealkylation sites (N-methyl/N-ethyl adjacent to an activating group) is 1. The molecule has 0 rings (SSSR count). The first-order chi connectivity index (χ1) is 8.51. The van der Waals surface area contributed by atoms with Crippen molar-refractivity contribution in [3.05, 3.63) is 12.2 Å². The number of hydrogen-bond donors (Lipinski definition) is 0. The van der Waals surface area contributed by atoms with Crippen molar-refractivity contribution >= 4 is 5.97 Å². The van der Waals surface area contributed by atoms with E-state index >= 15 is 0 Å². The van der Waals surface area contributed by atoms with E-state index in [1.54, 1.807) is 6.92 Å². The molecule has 0 saturated heterocycles. The molecule has 0 bridgehead atoms. The van der Waals surface area contributed by atoms with Crippen molar-refractivity contribution in [3.63, 3.8) is 0 Å². The maximum absolute atomic E-state index is 11.4. The van der Waals surface area contributed by atoms with E-state index in [-0.39, 0.29) is 5.97 Å². The minimum absolute atomic E-state index is 0.267. The molecule has 0 aliphatic carbocycles. The molecule has 0 fully saturated rings. The fraction of sp³-hybridized carbons (Fsp3) is 0.800. The molecule has 0 spiro atoms. The summed E-state index contributed by atoms with van der Waals surface area (Å²) in [7, 11) is 0. The van der Waals surface area contributed by atoms with Gasteiger partial charge in [-0.25, -0.2) is 4.79 Å². The maximum atomic E-state index is 11.4. The second-order valence-electron chi connectivity index (χ2n) is 5.10. The van der Waals surface area contributed by atoms with Gasteiger partial charge in [0.05, 0.1) is 19.6 Å². The van der Waals surface area contributed by atoms with Gasteiger partial charge in [-0.1, -0.05) is 26.8 Å². The smallest absolute Gasteiger partial charge is 0.333 e. The molecule has 1 unspecified atom stereocenters. The molecule has 0 saturated carbocycles. The number of hydrogen-bond acceptors (Lipinski definition) is 2. The van der Waals surface area contributed by atoms with E-state index in [0.29, 0.717) is 12.2 Å². The lowest BCUT2D eigenvalue weighted by Crippen LogP contribution is -2.51. The van der Waals surface area contributed by atoms with E-state index in [1.165, 1.54) is 32.4 Å². The Kier molecular flexibility index (Phi) is 8.73. The van der Waals surface area contributed by atoms with Gasteiger partial charge in [0.2, 0.25) is 0 Å². The molecule has 0 aliphatic heterocycles. The summed E-state index contributed by atoms with van der Waals surface area (Å²) in [6.45, 7) is 16.8. The van der Waals surface area contributed by atoms with E-state index < -0.39 is 0 Å². The molecule has 0 N–H and O–H groups in total. The van der Waals surface area contributed by atoms with E-state index in [9.17, 15) is 4.79 Å². The first-order valence-electron chi connectivity index (χ1n) is 7.19. The zero-order valence-corrected chi connectivity index (χ0v) is 12.6. The van der Waals surface area contributed by atoms with Crippen molar-refractivity contribution in [3.8, 4) is 0 Å². The number of unbranched alkanes of at least 4 members (excludes halogenated alkanes) is 1. The molecule has 0 aromatic rings. The summed E-state index contributed by atoms with van der Waals surface area (Å²) in [6, 6.07) is 0. The second-order valence-corrected chi connectivity index (χ2v) is 5.10. The molecule has 0 aliphatic rings. The standard InChI is InChI=1S/C15H30NO2/c1-6-9-11-16(8-3,10-7-2)12-13-18-15(17)14(4)5/h4,6-13H2,1-3,5H3/q+1. The van der Waals surface area contributed by atoms with Crippen LogP contribution in [0.5, 0.6) is 0 Å². The highest BCUT2D eigenvalue weighted by Gasteiger charge is 2.24. The van der Waals surface area contributed by atoms with Crippen molar-refractivity contribution in [1.29, 1.82) is 0 Å². The molecule has 3 nitrogen and oxygen atoms in total. The van der Waals surface area contributed by atoms with Crippen LogP contribution in [0.1, 0.15) is 47.0 Å². The van der Waals surface area contributed by atoms with Crippen molar-refractivity contribution in [2.24, 2.45) is 0 Å². The van der Waals surface area contributed by atoms with E-state index in [1.807, 2.05) is 0 Å². The molecule has 0 aromatic heterocycles. The van der Waals surface area contributed by atoms with Crippen LogP contribution < -0.4 is 0 Å². The summed E-state index contributed by atoms with van der Waals surface area (Å²) in [4.78, 5) is 11.4. The van der Waals surface area contributed by atoms with E-state index in [2.05, 4.69) is 27.4 Å². The molecule has 106 valence electrons. The SMILES string of the molecule is C=C(C)C(=O)OCC[N+](CC)(CCC)CCCC. The fourth-order valence-corrected chi connectivity index (χ4v) is 2.23. The summed E-state index contributed by atoms with van der Waals surface area (Å²) in [5.41, 5.74) is 0.480. The second kappa shape index (κ2) is 9.15. The lowest BCUT2D eigenvalue weighted by molar-refractivity contribution is -0.926. The van der Waals surface area contributed by atoms with E-state index in [4.69, 9.17) is 4.74 Å². The number of ether oxygens (including phenoxy) is 1. The average molecular weight is 256 g/mol.